The van der Waals surface area contributed by atoms with E-state index in [0.29, 0.717) is 12.3 Å². The molecule has 0 spiro atoms. The van der Waals surface area contributed by atoms with Crippen LogP contribution in [0, 0.1) is 5.92 Å². The lowest BCUT2D eigenvalue weighted by Crippen LogP contribution is -2.26. The molecule has 0 saturated heterocycles. The molecule has 1 aliphatic rings. The fourth-order valence-corrected chi connectivity index (χ4v) is 2.38. The number of methoxy groups -OCH3 is 1. The van der Waals surface area contributed by atoms with Gasteiger partial charge < -0.3 is 4.74 Å². The van der Waals surface area contributed by atoms with E-state index in [9.17, 15) is 4.79 Å². The summed E-state index contributed by atoms with van der Waals surface area (Å²) in [6.45, 7) is 0. The molecule has 0 aromatic heterocycles. The number of ketones is 1. The lowest BCUT2D eigenvalue weighted by atomic mass is 10.0. The first kappa shape index (κ1) is 11.8. The van der Waals surface area contributed by atoms with Crippen LogP contribution in [0.1, 0.15) is 18.4 Å². The molecule has 0 amide bonds. The van der Waals surface area contributed by atoms with Crippen LogP contribution in [0.4, 0.5) is 0 Å². The molecule has 0 aliphatic heterocycles. The maximum atomic E-state index is 12.0. The van der Waals surface area contributed by atoms with Crippen LogP contribution in [0.2, 0.25) is 0 Å². The minimum Gasteiger partial charge on any atom is -0.373 e. The first-order valence-corrected chi connectivity index (χ1v) is 6.30. The highest BCUT2D eigenvalue weighted by atomic mass is 79.9. The number of benzene rings is 1. The normalized spacial score (nSPS) is 17.1. The van der Waals surface area contributed by atoms with Gasteiger partial charge in [-0.2, -0.15) is 0 Å². The van der Waals surface area contributed by atoms with Gasteiger partial charge in [-0.25, -0.2) is 0 Å². The lowest BCUT2D eigenvalue weighted by molar-refractivity contribution is -0.129. The maximum absolute atomic E-state index is 12.0. The second-order valence-electron chi connectivity index (χ2n) is 4.27. The van der Waals surface area contributed by atoms with Gasteiger partial charge >= 0.3 is 0 Å². The van der Waals surface area contributed by atoms with Gasteiger partial charge in [-0.05, 0) is 36.5 Å². The number of ether oxygens (including phenoxy) is 1. The van der Waals surface area contributed by atoms with Gasteiger partial charge in [0, 0.05) is 18.0 Å². The lowest BCUT2D eigenvalue weighted by Gasteiger charge is -2.12. The Morgan fingerprint density at radius 1 is 1.56 bits per heavy atom. The van der Waals surface area contributed by atoms with Gasteiger partial charge in [-0.15, -0.1) is 0 Å². The van der Waals surface area contributed by atoms with Crippen molar-refractivity contribution in [1.82, 2.24) is 0 Å². The number of carbonyl (C=O) groups is 1. The molecule has 0 N–H and O–H groups in total. The van der Waals surface area contributed by atoms with E-state index in [1.165, 1.54) is 0 Å². The largest absolute Gasteiger partial charge is 0.373 e. The molecular formula is C13H15BrO2. The summed E-state index contributed by atoms with van der Waals surface area (Å²) in [4.78, 5) is 12.0. The Morgan fingerprint density at radius 3 is 2.88 bits per heavy atom. The first-order chi connectivity index (χ1) is 7.70. The number of rotatable bonds is 5. The van der Waals surface area contributed by atoms with E-state index >= 15 is 0 Å². The fourth-order valence-electron chi connectivity index (χ4n) is 1.93. The molecule has 1 aliphatic carbocycles. The zero-order valence-corrected chi connectivity index (χ0v) is 10.9. The van der Waals surface area contributed by atoms with Crippen LogP contribution in [0.5, 0.6) is 0 Å². The Bertz CT molecular complexity index is 385. The van der Waals surface area contributed by atoms with E-state index in [1.54, 1.807) is 7.11 Å². The number of Topliss-reactive ketones (excluding diaryl/α,β-unsaturated/α-hetero) is 1. The van der Waals surface area contributed by atoms with Crippen LogP contribution in [-0.4, -0.2) is 19.0 Å². The number of hydrogen-bond acceptors (Lipinski definition) is 2. The molecule has 1 atom stereocenters. The topological polar surface area (TPSA) is 26.3 Å². The van der Waals surface area contributed by atoms with Gasteiger partial charge in [0.25, 0.3) is 0 Å². The Morgan fingerprint density at radius 2 is 2.31 bits per heavy atom. The second-order valence-corrected chi connectivity index (χ2v) is 5.18. The Kier molecular flexibility index (Phi) is 3.77. The molecule has 1 aromatic rings. The molecule has 0 radical (unpaired) electrons. The van der Waals surface area contributed by atoms with Crippen molar-refractivity contribution in [2.24, 2.45) is 5.92 Å². The minimum absolute atomic E-state index is 0.195. The Balaban J connectivity index is 2.00. The quantitative estimate of drug-likeness (QED) is 0.830. The van der Waals surface area contributed by atoms with Gasteiger partial charge in [0.05, 0.1) is 0 Å². The molecule has 0 bridgehead atoms. The van der Waals surface area contributed by atoms with Crippen LogP contribution in [0.15, 0.2) is 28.7 Å². The monoisotopic (exact) mass is 282 g/mol. The predicted octanol–water partition coefficient (Wildman–Crippen LogP) is 2.99. The average molecular weight is 283 g/mol. The molecule has 1 saturated carbocycles. The second kappa shape index (κ2) is 5.11. The zero-order valence-electron chi connectivity index (χ0n) is 9.28. The van der Waals surface area contributed by atoms with Crippen molar-refractivity contribution in [2.45, 2.75) is 25.4 Å². The number of carbonyl (C=O) groups excluding carboxylic acids is 1. The van der Waals surface area contributed by atoms with Crippen molar-refractivity contribution in [1.29, 1.82) is 0 Å². The SMILES string of the molecule is COC(C(=O)Cc1cccc(Br)c1)C1CC1. The number of hydrogen-bond donors (Lipinski definition) is 0. The third-order valence-corrected chi connectivity index (χ3v) is 3.38. The molecule has 2 nitrogen and oxygen atoms in total. The van der Waals surface area contributed by atoms with Crippen molar-refractivity contribution in [3.8, 4) is 0 Å². The first-order valence-electron chi connectivity index (χ1n) is 5.50. The average Bonchev–Trinajstić information content (AvgIpc) is 3.03. The smallest absolute Gasteiger partial charge is 0.166 e. The molecule has 1 aromatic carbocycles. The van der Waals surface area contributed by atoms with E-state index in [2.05, 4.69) is 15.9 Å². The minimum atomic E-state index is -0.195. The standard InChI is InChI=1S/C13H15BrO2/c1-16-13(10-5-6-10)12(15)8-9-3-2-4-11(14)7-9/h2-4,7,10,13H,5-6,8H2,1H3. The Hall–Kier alpha value is -0.670. The van der Waals surface area contributed by atoms with Gasteiger partial charge in [0.2, 0.25) is 0 Å². The van der Waals surface area contributed by atoms with Crippen molar-refractivity contribution >= 4 is 21.7 Å². The van der Waals surface area contributed by atoms with E-state index in [4.69, 9.17) is 4.74 Å². The summed E-state index contributed by atoms with van der Waals surface area (Å²) in [6, 6.07) is 7.87. The summed E-state index contributed by atoms with van der Waals surface area (Å²) in [5, 5.41) is 0. The molecule has 1 fully saturated rings. The summed E-state index contributed by atoms with van der Waals surface area (Å²) >= 11 is 3.40. The van der Waals surface area contributed by atoms with Crippen LogP contribution >= 0.6 is 15.9 Å². The molecule has 16 heavy (non-hydrogen) atoms. The maximum Gasteiger partial charge on any atom is 0.166 e. The van der Waals surface area contributed by atoms with Gasteiger partial charge in [-0.1, -0.05) is 28.1 Å². The summed E-state index contributed by atoms with van der Waals surface area (Å²) < 4.78 is 6.29. The van der Waals surface area contributed by atoms with Crippen molar-refractivity contribution in [2.75, 3.05) is 7.11 Å². The molecular weight excluding hydrogens is 268 g/mol. The number of halogens is 1. The third kappa shape index (κ3) is 2.92. The van der Waals surface area contributed by atoms with Crippen molar-refractivity contribution in [3.63, 3.8) is 0 Å². The van der Waals surface area contributed by atoms with Gasteiger partial charge in [-0.3, -0.25) is 4.79 Å². The summed E-state index contributed by atoms with van der Waals surface area (Å²) in [5.41, 5.74) is 1.04. The molecule has 2 rings (SSSR count). The summed E-state index contributed by atoms with van der Waals surface area (Å²) in [7, 11) is 1.63. The van der Waals surface area contributed by atoms with Crippen LogP contribution in [0.3, 0.4) is 0 Å². The summed E-state index contributed by atoms with van der Waals surface area (Å²) in [6.07, 6.45) is 2.53. The van der Waals surface area contributed by atoms with E-state index < -0.39 is 0 Å². The molecule has 86 valence electrons. The van der Waals surface area contributed by atoms with E-state index in [0.717, 1.165) is 22.9 Å². The van der Waals surface area contributed by atoms with E-state index in [1.807, 2.05) is 24.3 Å². The van der Waals surface area contributed by atoms with E-state index in [-0.39, 0.29) is 11.9 Å². The highest BCUT2D eigenvalue weighted by molar-refractivity contribution is 9.10. The van der Waals surface area contributed by atoms with Crippen LogP contribution in [-0.2, 0) is 16.0 Å². The zero-order chi connectivity index (χ0) is 11.5. The molecule has 3 heteroatoms. The van der Waals surface area contributed by atoms with Crippen LogP contribution in [0.25, 0.3) is 0 Å². The molecule has 1 unspecified atom stereocenters. The van der Waals surface area contributed by atoms with Gasteiger partial charge in [0.15, 0.2) is 5.78 Å². The van der Waals surface area contributed by atoms with Gasteiger partial charge in [0.1, 0.15) is 6.10 Å². The molecule has 0 heterocycles. The van der Waals surface area contributed by atoms with Crippen molar-refractivity contribution in [3.05, 3.63) is 34.3 Å². The summed E-state index contributed by atoms with van der Waals surface area (Å²) in [5.74, 6) is 0.660. The highest BCUT2D eigenvalue weighted by Gasteiger charge is 2.35. The van der Waals surface area contributed by atoms with Crippen LogP contribution < -0.4 is 0 Å². The Labute approximate surface area is 104 Å². The van der Waals surface area contributed by atoms with Crippen molar-refractivity contribution < 1.29 is 9.53 Å². The fraction of sp³-hybridized carbons (Fsp3) is 0.462. The third-order valence-electron chi connectivity index (χ3n) is 2.89. The predicted molar refractivity (Wildman–Crippen MR) is 66.4 cm³/mol. The highest BCUT2D eigenvalue weighted by Crippen LogP contribution is 2.34.